The Morgan fingerprint density at radius 3 is 1.30 bits per heavy atom. The van der Waals surface area contributed by atoms with Crippen LogP contribution in [-0.4, -0.2) is 9.13 Å². The van der Waals surface area contributed by atoms with E-state index < -0.39 is 0 Å². The quantitative estimate of drug-likeness (QED) is 0.133. The maximum Gasteiger partial charge on any atom is 0.0549 e. The van der Waals surface area contributed by atoms with Gasteiger partial charge in [0, 0.05) is 38.0 Å². The molecule has 228 valence electrons. The van der Waals surface area contributed by atoms with Gasteiger partial charge in [0.15, 0.2) is 0 Å². The van der Waals surface area contributed by atoms with Gasteiger partial charge in [-0.1, -0.05) is 115 Å². The van der Waals surface area contributed by atoms with Crippen molar-refractivity contribution in [2.75, 3.05) is 0 Å². The van der Waals surface area contributed by atoms with Crippen LogP contribution in [0.3, 0.4) is 0 Å². The van der Waals surface area contributed by atoms with Crippen LogP contribution in [0.15, 0.2) is 158 Å². The summed E-state index contributed by atoms with van der Waals surface area (Å²) in [6, 6.07) is 59.1. The lowest BCUT2D eigenvalue weighted by Crippen LogP contribution is -1.99. The molecule has 2 nitrogen and oxygen atoms in total. The van der Waals surface area contributed by atoms with Gasteiger partial charge in [-0.15, -0.1) is 0 Å². The van der Waals surface area contributed by atoms with Crippen molar-refractivity contribution in [3.05, 3.63) is 158 Å². The highest BCUT2D eigenvalue weighted by atomic mass is 15.0. The summed E-state index contributed by atoms with van der Waals surface area (Å²) in [5.74, 6) is 0. The molecule has 0 bridgehead atoms. The van der Waals surface area contributed by atoms with Crippen molar-refractivity contribution in [1.82, 2.24) is 9.13 Å². The van der Waals surface area contributed by atoms with Gasteiger partial charge in [-0.3, -0.25) is 0 Å². The van der Waals surface area contributed by atoms with E-state index >= 15 is 0 Å². The Balaban J connectivity index is 1.25. The van der Waals surface area contributed by atoms with Gasteiger partial charge in [-0.25, -0.2) is 0 Å². The van der Waals surface area contributed by atoms with Crippen LogP contribution >= 0.6 is 0 Å². The molecule has 0 radical (unpaired) electrons. The number of fused-ring (bicyclic) bond motifs is 6. The minimum atomic E-state index is 1.18. The number of hydrogen-bond acceptors (Lipinski definition) is 0. The molecule has 0 fully saturated rings. The minimum absolute atomic E-state index is 1.18. The summed E-state index contributed by atoms with van der Waals surface area (Å²) in [5.41, 5.74) is 7.32. The lowest BCUT2D eigenvalue weighted by molar-refractivity contribution is 1.18. The van der Waals surface area contributed by atoms with Gasteiger partial charge in [0.2, 0.25) is 0 Å². The van der Waals surface area contributed by atoms with Crippen molar-refractivity contribution in [2.45, 2.75) is 0 Å². The number of para-hydroxylation sites is 3. The van der Waals surface area contributed by atoms with Crippen molar-refractivity contribution < 1.29 is 0 Å². The van der Waals surface area contributed by atoms with E-state index in [1.54, 1.807) is 0 Å². The second kappa shape index (κ2) is 8.68. The van der Waals surface area contributed by atoms with Crippen molar-refractivity contribution >= 4 is 108 Å². The van der Waals surface area contributed by atoms with Crippen molar-refractivity contribution in [3.63, 3.8) is 0 Å². The Morgan fingerprint density at radius 2 is 0.700 bits per heavy atom. The average molecular weight is 631 g/mol. The first-order valence-corrected chi connectivity index (χ1v) is 17.4. The van der Waals surface area contributed by atoms with Gasteiger partial charge >= 0.3 is 0 Å². The highest BCUT2D eigenvalue weighted by Gasteiger charge is 2.24. The summed E-state index contributed by atoms with van der Waals surface area (Å²) in [6.07, 6.45) is 0. The largest absolute Gasteiger partial charge is 0.309 e. The van der Waals surface area contributed by atoms with Crippen LogP contribution in [0.25, 0.3) is 120 Å². The van der Waals surface area contributed by atoms with E-state index in [1.165, 1.54) is 120 Å². The van der Waals surface area contributed by atoms with Gasteiger partial charge in [-0.05, 0) is 96.3 Å². The van der Waals surface area contributed by atoms with Crippen LogP contribution in [0, 0.1) is 0 Å². The molecule has 0 spiro atoms. The summed E-state index contributed by atoms with van der Waals surface area (Å²) in [4.78, 5) is 0. The molecule has 50 heavy (non-hydrogen) atoms. The second-order valence-electron chi connectivity index (χ2n) is 14.1. The van der Waals surface area contributed by atoms with Crippen LogP contribution in [0.1, 0.15) is 0 Å². The number of hydrogen-bond donors (Lipinski definition) is 0. The first-order chi connectivity index (χ1) is 24.8. The topological polar surface area (TPSA) is 9.86 Å². The predicted octanol–water partition coefficient (Wildman–Crippen LogP) is 13.1. The van der Waals surface area contributed by atoms with E-state index in [1.807, 2.05) is 0 Å². The van der Waals surface area contributed by atoms with Gasteiger partial charge < -0.3 is 9.13 Å². The number of aromatic nitrogens is 2. The molecule has 0 N–H and O–H groups in total. The fourth-order valence-electron chi connectivity index (χ4n) is 9.70. The van der Waals surface area contributed by atoms with E-state index in [2.05, 4.69) is 167 Å². The van der Waals surface area contributed by atoms with Crippen molar-refractivity contribution in [1.29, 1.82) is 0 Å². The van der Waals surface area contributed by atoms with Crippen LogP contribution in [0.5, 0.6) is 0 Å². The maximum absolute atomic E-state index is 2.55. The van der Waals surface area contributed by atoms with E-state index in [0.717, 1.165) is 0 Å². The molecule has 2 aromatic heterocycles. The molecular formula is C48H26N2. The molecule has 13 rings (SSSR count). The first-order valence-electron chi connectivity index (χ1n) is 17.4. The zero-order valence-corrected chi connectivity index (χ0v) is 26.9. The molecule has 2 heteroatoms. The van der Waals surface area contributed by atoms with Gasteiger partial charge in [-0.2, -0.15) is 0 Å². The fraction of sp³-hybridized carbons (Fsp3) is 0. The Hall–Kier alpha value is -6.64. The van der Waals surface area contributed by atoms with Crippen LogP contribution in [0.4, 0.5) is 0 Å². The molecule has 0 saturated heterocycles. The van der Waals surface area contributed by atoms with Crippen LogP contribution in [-0.2, 0) is 0 Å². The maximum atomic E-state index is 2.55. The van der Waals surface area contributed by atoms with Gasteiger partial charge in [0.05, 0.1) is 27.8 Å². The van der Waals surface area contributed by atoms with E-state index in [0.29, 0.717) is 0 Å². The lowest BCUT2D eigenvalue weighted by Gasteiger charge is -2.22. The lowest BCUT2D eigenvalue weighted by atomic mass is 9.82. The molecule has 2 heterocycles. The number of rotatable bonds is 2. The molecule has 0 atom stereocenters. The van der Waals surface area contributed by atoms with Crippen molar-refractivity contribution in [3.8, 4) is 11.4 Å². The number of benzene rings is 11. The smallest absolute Gasteiger partial charge is 0.0549 e. The molecule has 13 aromatic rings. The number of nitrogens with zero attached hydrogens (tertiary/aromatic N) is 2. The summed E-state index contributed by atoms with van der Waals surface area (Å²) in [6.45, 7) is 0. The SMILES string of the molecule is c1ccc(-n2c3ccccc3c3cc4c(cc32)c2ccccc2n4-c2cc3ccc4ccc5ccc6ccc7ccc2c2c7c6c5c4c32)cc1. The third-order valence-corrected chi connectivity index (χ3v) is 11.7. The third kappa shape index (κ3) is 2.90. The van der Waals surface area contributed by atoms with Crippen LogP contribution < -0.4 is 0 Å². The molecule has 0 aliphatic heterocycles. The average Bonchev–Trinajstić information content (AvgIpc) is 3.68. The first kappa shape index (κ1) is 25.4. The molecule has 11 aromatic carbocycles. The zero-order chi connectivity index (χ0) is 32.2. The molecular weight excluding hydrogens is 605 g/mol. The molecule has 0 saturated carbocycles. The van der Waals surface area contributed by atoms with E-state index in [4.69, 9.17) is 0 Å². The predicted molar refractivity (Wildman–Crippen MR) is 214 cm³/mol. The Labute approximate surface area is 285 Å². The molecule has 0 unspecified atom stereocenters. The van der Waals surface area contributed by atoms with Crippen molar-refractivity contribution in [2.24, 2.45) is 0 Å². The minimum Gasteiger partial charge on any atom is -0.309 e. The summed E-state index contributed by atoms with van der Waals surface area (Å²) in [7, 11) is 0. The summed E-state index contributed by atoms with van der Waals surface area (Å²) >= 11 is 0. The molecule has 0 aliphatic rings. The third-order valence-electron chi connectivity index (χ3n) is 11.7. The molecule has 0 amide bonds. The second-order valence-corrected chi connectivity index (χ2v) is 14.1. The normalized spacial score (nSPS) is 12.8. The monoisotopic (exact) mass is 630 g/mol. The Morgan fingerprint density at radius 1 is 0.260 bits per heavy atom. The van der Waals surface area contributed by atoms with Crippen LogP contribution in [0.2, 0.25) is 0 Å². The van der Waals surface area contributed by atoms with Gasteiger partial charge in [0.25, 0.3) is 0 Å². The summed E-state index contributed by atoms with van der Waals surface area (Å²) in [5, 5.41) is 21.2. The summed E-state index contributed by atoms with van der Waals surface area (Å²) < 4.78 is 4.97. The highest BCUT2D eigenvalue weighted by Crippen LogP contribution is 2.50. The standard InChI is InChI=1S/C48H26N2/c1-2-8-32(9-3-1)49-38-12-6-4-10-33(38)36-26-42-37(25-41(36)49)34-11-5-7-13-39(34)50(42)40-24-31-21-20-29-17-15-27-14-16-28-18-19-30-22-23-35(40)48-46(30)44(28)43(27)45(29)47(31)48/h1-26H. The molecule has 0 aliphatic carbocycles. The van der Waals surface area contributed by atoms with Gasteiger partial charge in [0.1, 0.15) is 0 Å². The Kier molecular flexibility index (Phi) is 4.41. The Bertz CT molecular complexity index is 3470. The van der Waals surface area contributed by atoms with E-state index in [9.17, 15) is 0 Å². The highest BCUT2D eigenvalue weighted by molar-refractivity contribution is 6.45. The fourth-order valence-corrected chi connectivity index (χ4v) is 9.70. The zero-order valence-electron chi connectivity index (χ0n) is 26.9. The van der Waals surface area contributed by atoms with E-state index in [-0.39, 0.29) is 0 Å².